The molecule has 2 rings (SSSR count). The summed E-state index contributed by atoms with van der Waals surface area (Å²) < 4.78 is 0. The number of aryl methyl sites for hydroxylation is 1. The number of aromatic nitrogens is 2. The van der Waals surface area contributed by atoms with Crippen molar-refractivity contribution in [3.8, 4) is 0 Å². The molecule has 0 spiro atoms. The Morgan fingerprint density at radius 1 is 1.42 bits per heavy atom. The Morgan fingerprint density at radius 3 is 2.83 bits per heavy atom. The maximum Gasteiger partial charge on any atom is 0.0684 e. The van der Waals surface area contributed by atoms with Crippen molar-refractivity contribution >= 4 is 12.3 Å². The second-order valence-corrected chi connectivity index (χ2v) is 2.39. The summed E-state index contributed by atoms with van der Waals surface area (Å²) in [5.74, 6) is 0. The van der Waals surface area contributed by atoms with Crippen LogP contribution < -0.4 is 15.9 Å². The molecule has 0 unspecified atom stereocenters. The van der Waals surface area contributed by atoms with Crippen molar-refractivity contribution in [1.82, 2.24) is 15.5 Å². The molecule has 0 saturated carbocycles. The van der Waals surface area contributed by atoms with Crippen molar-refractivity contribution < 1.29 is 0 Å². The van der Waals surface area contributed by atoms with Crippen LogP contribution in [0.5, 0.6) is 0 Å². The number of aromatic amines is 1. The van der Waals surface area contributed by atoms with Gasteiger partial charge >= 0.3 is 0 Å². The summed E-state index contributed by atoms with van der Waals surface area (Å²) in [6, 6.07) is 0. The van der Waals surface area contributed by atoms with E-state index in [-0.39, 0.29) is 0 Å². The van der Waals surface area contributed by atoms with Gasteiger partial charge in [-0.25, -0.2) is 0 Å². The van der Waals surface area contributed by atoms with Gasteiger partial charge in [-0.2, -0.15) is 5.10 Å². The molecule has 2 heterocycles. The van der Waals surface area contributed by atoms with Crippen LogP contribution in [0, 0.1) is 6.92 Å². The molecule has 2 N–H and O–H groups in total. The fourth-order valence-corrected chi connectivity index (χ4v) is 1.12. The second kappa shape index (κ2) is 3.95. The van der Waals surface area contributed by atoms with Crippen LogP contribution in [0.15, 0.2) is 0 Å². The lowest BCUT2D eigenvalue weighted by Gasteiger charge is -1.96. The number of hydrogen-bond acceptors (Lipinski definition) is 2. The minimum Gasteiger partial charge on any atom is -0.387 e. The highest BCUT2D eigenvalue weighted by Crippen LogP contribution is 1.75. The van der Waals surface area contributed by atoms with Crippen LogP contribution in [-0.4, -0.2) is 16.7 Å². The maximum absolute atomic E-state index is 4.07. The van der Waals surface area contributed by atoms with Gasteiger partial charge in [-0.15, -0.1) is 0 Å². The average Bonchev–Trinajstić information content (AvgIpc) is 2.53. The smallest absolute Gasteiger partial charge is 0.0684 e. The zero-order chi connectivity index (χ0) is 8.97. The van der Waals surface area contributed by atoms with E-state index in [0.29, 0.717) is 0 Å². The summed E-state index contributed by atoms with van der Waals surface area (Å²) in [5, 5.41) is 12.5. The fraction of sp³-hybridized carbons (Fsp3) is 0.444. The predicted molar refractivity (Wildman–Crippen MR) is 50.9 cm³/mol. The number of nitrogens with one attached hydrogen (secondary N) is 2. The highest BCUT2D eigenvalue weighted by atomic mass is 15.1. The fourth-order valence-electron chi connectivity index (χ4n) is 1.12. The number of rotatable bonds is 0. The van der Waals surface area contributed by atoms with Gasteiger partial charge in [0.2, 0.25) is 0 Å². The Kier molecular flexibility index (Phi) is 2.91. The van der Waals surface area contributed by atoms with Gasteiger partial charge in [0.05, 0.1) is 11.0 Å². The Bertz CT molecular complexity index is 348. The third kappa shape index (κ3) is 1.49. The van der Waals surface area contributed by atoms with Crippen molar-refractivity contribution in [2.75, 3.05) is 6.54 Å². The van der Waals surface area contributed by atoms with E-state index in [4.69, 9.17) is 0 Å². The standard InChI is InChI=1S/C7H9N3.C2H6/c1-5-6-4-8-3-2-7(6)10-9-5;1-2/h2,4,8,10H,3H2,1H3;1-2H3. The van der Waals surface area contributed by atoms with Gasteiger partial charge in [-0.3, -0.25) is 5.10 Å². The first-order valence-corrected chi connectivity index (χ1v) is 4.33. The highest BCUT2D eigenvalue weighted by Gasteiger charge is 1.96. The van der Waals surface area contributed by atoms with Gasteiger partial charge in [-0.1, -0.05) is 13.8 Å². The Morgan fingerprint density at radius 2 is 2.17 bits per heavy atom. The molecule has 0 atom stereocenters. The SMILES string of the molecule is CC.Cc1n[nH]c2c1=CNCC=2. The Hall–Kier alpha value is -1.25. The van der Waals surface area contributed by atoms with E-state index in [9.17, 15) is 0 Å². The van der Waals surface area contributed by atoms with Gasteiger partial charge in [0, 0.05) is 18.0 Å². The van der Waals surface area contributed by atoms with Crippen LogP contribution in [0.25, 0.3) is 12.3 Å². The van der Waals surface area contributed by atoms with Crippen LogP contribution in [0.2, 0.25) is 0 Å². The molecule has 0 saturated heterocycles. The van der Waals surface area contributed by atoms with E-state index in [0.717, 1.165) is 17.6 Å². The third-order valence-electron chi connectivity index (χ3n) is 1.69. The van der Waals surface area contributed by atoms with Crippen molar-refractivity contribution in [2.45, 2.75) is 20.8 Å². The first-order valence-electron chi connectivity index (χ1n) is 4.33. The van der Waals surface area contributed by atoms with Gasteiger partial charge in [0.15, 0.2) is 0 Å². The molecule has 1 aromatic heterocycles. The van der Waals surface area contributed by atoms with Crippen LogP contribution >= 0.6 is 0 Å². The zero-order valence-electron chi connectivity index (χ0n) is 7.81. The van der Waals surface area contributed by atoms with Crippen LogP contribution in [0.1, 0.15) is 19.5 Å². The molecule has 3 heteroatoms. The minimum atomic E-state index is 0.897. The number of hydrogen-bond donors (Lipinski definition) is 2. The second-order valence-electron chi connectivity index (χ2n) is 2.39. The monoisotopic (exact) mass is 165 g/mol. The molecular formula is C9H15N3. The highest BCUT2D eigenvalue weighted by molar-refractivity contribution is 5.36. The van der Waals surface area contributed by atoms with Crippen molar-refractivity contribution in [1.29, 1.82) is 0 Å². The molecule has 66 valence electrons. The van der Waals surface area contributed by atoms with Crippen molar-refractivity contribution in [3.05, 3.63) is 16.3 Å². The lowest BCUT2D eigenvalue weighted by atomic mass is 10.3. The van der Waals surface area contributed by atoms with Gasteiger partial charge in [0.1, 0.15) is 0 Å². The molecule has 1 aliphatic rings. The van der Waals surface area contributed by atoms with Crippen LogP contribution in [-0.2, 0) is 0 Å². The quantitative estimate of drug-likeness (QED) is 0.562. The van der Waals surface area contributed by atoms with Gasteiger partial charge in [-0.05, 0) is 13.0 Å². The molecule has 0 aromatic carbocycles. The lowest BCUT2D eigenvalue weighted by molar-refractivity contribution is 1.01. The summed E-state index contributed by atoms with van der Waals surface area (Å²) >= 11 is 0. The summed E-state index contributed by atoms with van der Waals surface area (Å²) in [7, 11) is 0. The molecule has 0 radical (unpaired) electrons. The number of H-pyrrole nitrogens is 1. The third-order valence-corrected chi connectivity index (χ3v) is 1.69. The summed E-state index contributed by atoms with van der Waals surface area (Å²) in [5.41, 5.74) is 1.05. The summed E-state index contributed by atoms with van der Waals surface area (Å²) in [6.07, 6.45) is 4.09. The van der Waals surface area contributed by atoms with Crippen LogP contribution in [0.3, 0.4) is 0 Å². The predicted octanol–water partition coefficient (Wildman–Crippen LogP) is -0.134. The summed E-state index contributed by atoms with van der Waals surface area (Å²) in [4.78, 5) is 0. The topological polar surface area (TPSA) is 40.7 Å². The molecule has 1 aliphatic heterocycles. The first-order chi connectivity index (χ1) is 5.88. The molecule has 0 amide bonds. The largest absolute Gasteiger partial charge is 0.387 e. The van der Waals surface area contributed by atoms with E-state index in [1.54, 1.807) is 0 Å². The van der Waals surface area contributed by atoms with E-state index >= 15 is 0 Å². The molecular weight excluding hydrogens is 150 g/mol. The lowest BCUT2D eigenvalue weighted by Crippen LogP contribution is -2.32. The molecule has 0 aliphatic carbocycles. The molecule has 1 aromatic rings. The van der Waals surface area contributed by atoms with E-state index in [1.807, 2.05) is 27.0 Å². The molecule has 0 bridgehead atoms. The number of fused-ring (bicyclic) bond motifs is 1. The van der Waals surface area contributed by atoms with Crippen LogP contribution in [0.4, 0.5) is 0 Å². The minimum absolute atomic E-state index is 0.897. The molecule has 3 nitrogen and oxygen atoms in total. The van der Waals surface area contributed by atoms with Crippen molar-refractivity contribution in [2.24, 2.45) is 0 Å². The maximum atomic E-state index is 4.07. The Labute approximate surface area is 72.2 Å². The number of nitrogens with zero attached hydrogens (tertiary/aromatic N) is 1. The zero-order valence-corrected chi connectivity index (χ0v) is 7.81. The summed E-state index contributed by atoms with van der Waals surface area (Å²) in [6.45, 7) is 6.89. The molecule has 12 heavy (non-hydrogen) atoms. The van der Waals surface area contributed by atoms with Gasteiger partial charge < -0.3 is 5.32 Å². The average molecular weight is 165 g/mol. The van der Waals surface area contributed by atoms with E-state index < -0.39 is 0 Å². The van der Waals surface area contributed by atoms with Gasteiger partial charge in [0.25, 0.3) is 0 Å². The first kappa shape index (κ1) is 8.84. The van der Waals surface area contributed by atoms with Crippen molar-refractivity contribution in [3.63, 3.8) is 0 Å². The van der Waals surface area contributed by atoms with E-state index in [1.165, 1.54) is 5.22 Å². The molecule has 0 fully saturated rings. The van der Waals surface area contributed by atoms with E-state index in [2.05, 4.69) is 21.6 Å². The Balaban J connectivity index is 0.000000336. The normalized spacial score (nSPS) is 12.6.